The summed E-state index contributed by atoms with van der Waals surface area (Å²) in [4.78, 5) is 0. The summed E-state index contributed by atoms with van der Waals surface area (Å²) in [6, 6.07) is 3.47. The average Bonchev–Trinajstić information content (AvgIpc) is 2.34. The van der Waals surface area contributed by atoms with Crippen molar-refractivity contribution in [3.05, 3.63) is 12.1 Å². The van der Waals surface area contributed by atoms with Gasteiger partial charge in [-0.1, -0.05) is 13.8 Å². The van der Waals surface area contributed by atoms with E-state index in [-0.39, 0.29) is 12.2 Å². The Bertz CT molecular complexity index is 357. The third kappa shape index (κ3) is 3.72. The molecule has 4 heteroatoms. The first kappa shape index (κ1) is 14.5. The summed E-state index contributed by atoms with van der Waals surface area (Å²) in [5, 5.41) is 0. The number of ether oxygens (including phenoxy) is 2. The largest absolute Gasteiger partial charge is 0.487 e. The minimum absolute atomic E-state index is 0.118. The summed E-state index contributed by atoms with van der Waals surface area (Å²) in [7, 11) is 0. The molecule has 0 bridgehead atoms. The minimum Gasteiger partial charge on any atom is -0.487 e. The summed E-state index contributed by atoms with van der Waals surface area (Å²) in [6.45, 7) is 8.17. The van der Waals surface area contributed by atoms with Crippen molar-refractivity contribution in [3.63, 3.8) is 0 Å². The van der Waals surface area contributed by atoms with E-state index in [2.05, 4.69) is 13.8 Å². The van der Waals surface area contributed by atoms with Crippen LogP contribution in [0.5, 0.6) is 11.5 Å². The van der Waals surface area contributed by atoms with Crippen molar-refractivity contribution in [1.29, 1.82) is 0 Å². The van der Waals surface area contributed by atoms with E-state index in [4.69, 9.17) is 20.9 Å². The van der Waals surface area contributed by atoms with Gasteiger partial charge in [-0.3, -0.25) is 0 Å². The highest BCUT2D eigenvalue weighted by Gasteiger charge is 2.13. The molecule has 102 valence electrons. The highest BCUT2D eigenvalue weighted by atomic mass is 16.5. The fraction of sp³-hybridized carbons (Fsp3) is 0.571. The van der Waals surface area contributed by atoms with E-state index in [1.54, 1.807) is 12.1 Å². The van der Waals surface area contributed by atoms with Crippen LogP contribution in [0.3, 0.4) is 0 Å². The van der Waals surface area contributed by atoms with Gasteiger partial charge in [-0.2, -0.15) is 0 Å². The van der Waals surface area contributed by atoms with E-state index in [1.165, 1.54) is 0 Å². The smallest absolute Gasteiger partial charge is 0.163 e. The molecule has 0 fully saturated rings. The van der Waals surface area contributed by atoms with E-state index >= 15 is 0 Å². The van der Waals surface area contributed by atoms with Gasteiger partial charge in [0.15, 0.2) is 11.5 Å². The molecule has 4 nitrogen and oxygen atoms in total. The van der Waals surface area contributed by atoms with Crippen molar-refractivity contribution in [2.75, 3.05) is 11.5 Å². The number of hydrogen-bond acceptors (Lipinski definition) is 4. The Morgan fingerprint density at radius 1 is 0.889 bits per heavy atom. The second kappa shape index (κ2) is 6.38. The van der Waals surface area contributed by atoms with E-state index in [0.29, 0.717) is 22.9 Å². The Balaban J connectivity index is 3.00. The molecule has 0 radical (unpaired) electrons. The SMILES string of the molecule is CCC(C)Oc1cc(N)c(N)cc1OC(C)CC. The molecular formula is C14H24N2O2. The lowest BCUT2D eigenvalue weighted by Crippen LogP contribution is -2.15. The van der Waals surface area contributed by atoms with Crippen LogP contribution >= 0.6 is 0 Å². The standard InChI is InChI=1S/C14H24N2O2/c1-5-9(3)17-13-7-11(15)12(16)8-14(13)18-10(4)6-2/h7-10H,5-6,15-16H2,1-4H3. The Labute approximate surface area is 109 Å². The Morgan fingerprint density at radius 2 is 1.22 bits per heavy atom. The molecule has 1 aromatic carbocycles. The van der Waals surface area contributed by atoms with Gasteiger partial charge in [-0.25, -0.2) is 0 Å². The van der Waals surface area contributed by atoms with E-state index < -0.39 is 0 Å². The first-order valence-corrected chi connectivity index (χ1v) is 6.50. The van der Waals surface area contributed by atoms with E-state index in [1.807, 2.05) is 13.8 Å². The Hall–Kier alpha value is -1.58. The van der Waals surface area contributed by atoms with Crippen LogP contribution < -0.4 is 20.9 Å². The minimum atomic E-state index is 0.118. The predicted molar refractivity (Wildman–Crippen MR) is 76.0 cm³/mol. The molecule has 0 saturated heterocycles. The zero-order valence-electron chi connectivity index (χ0n) is 11.7. The zero-order chi connectivity index (χ0) is 13.7. The summed E-state index contributed by atoms with van der Waals surface area (Å²) in [6.07, 6.45) is 2.08. The number of benzene rings is 1. The molecule has 1 rings (SSSR count). The number of rotatable bonds is 6. The summed E-state index contributed by atoms with van der Waals surface area (Å²) in [5.74, 6) is 1.33. The summed E-state index contributed by atoms with van der Waals surface area (Å²) in [5.41, 5.74) is 12.7. The zero-order valence-corrected chi connectivity index (χ0v) is 11.7. The van der Waals surface area contributed by atoms with Crippen LogP contribution in [0.4, 0.5) is 11.4 Å². The van der Waals surface area contributed by atoms with Gasteiger partial charge < -0.3 is 20.9 Å². The van der Waals surface area contributed by atoms with Gasteiger partial charge in [0.05, 0.1) is 23.6 Å². The molecule has 0 aliphatic heterocycles. The lowest BCUT2D eigenvalue weighted by Gasteiger charge is -2.20. The quantitative estimate of drug-likeness (QED) is 0.763. The van der Waals surface area contributed by atoms with Crippen molar-refractivity contribution in [1.82, 2.24) is 0 Å². The van der Waals surface area contributed by atoms with Gasteiger partial charge in [-0.05, 0) is 26.7 Å². The Morgan fingerprint density at radius 3 is 1.50 bits per heavy atom. The van der Waals surface area contributed by atoms with Crippen LogP contribution in [0.25, 0.3) is 0 Å². The second-order valence-electron chi connectivity index (χ2n) is 4.60. The first-order valence-electron chi connectivity index (χ1n) is 6.50. The average molecular weight is 252 g/mol. The maximum Gasteiger partial charge on any atom is 0.163 e. The third-order valence-corrected chi connectivity index (χ3v) is 2.96. The molecule has 1 aromatic rings. The fourth-order valence-corrected chi connectivity index (χ4v) is 1.38. The van der Waals surface area contributed by atoms with Gasteiger partial charge in [0.25, 0.3) is 0 Å². The molecular weight excluding hydrogens is 228 g/mol. The maximum absolute atomic E-state index is 5.82. The molecule has 0 spiro atoms. The van der Waals surface area contributed by atoms with Crippen molar-refractivity contribution in [2.45, 2.75) is 52.7 Å². The number of nitrogen functional groups attached to an aromatic ring is 2. The topological polar surface area (TPSA) is 70.5 Å². The van der Waals surface area contributed by atoms with E-state index in [0.717, 1.165) is 12.8 Å². The van der Waals surface area contributed by atoms with Gasteiger partial charge in [0.1, 0.15) is 0 Å². The number of hydrogen-bond donors (Lipinski definition) is 2. The molecule has 0 aliphatic carbocycles. The van der Waals surface area contributed by atoms with Gasteiger partial charge in [-0.15, -0.1) is 0 Å². The summed E-state index contributed by atoms with van der Waals surface area (Å²) >= 11 is 0. The predicted octanol–water partition coefficient (Wildman–Crippen LogP) is 3.21. The molecule has 2 unspecified atom stereocenters. The van der Waals surface area contributed by atoms with Crippen LogP contribution in [0.2, 0.25) is 0 Å². The number of nitrogens with two attached hydrogens (primary N) is 2. The molecule has 0 heterocycles. The van der Waals surface area contributed by atoms with Crippen molar-refractivity contribution >= 4 is 11.4 Å². The molecule has 0 aliphatic rings. The van der Waals surface area contributed by atoms with Crippen LogP contribution in [0.1, 0.15) is 40.5 Å². The van der Waals surface area contributed by atoms with Crippen LogP contribution in [0.15, 0.2) is 12.1 Å². The molecule has 0 aromatic heterocycles. The van der Waals surface area contributed by atoms with Crippen molar-refractivity contribution in [2.24, 2.45) is 0 Å². The van der Waals surface area contributed by atoms with Crippen molar-refractivity contribution in [3.8, 4) is 11.5 Å². The van der Waals surface area contributed by atoms with E-state index in [9.17, 15) is 0 Å². The first-order chi connectivity index (χ1) is 8.47. The lowest BCUT2D eigenvalue weighted by molar-refractivity contribution is 0.177. The van der Waals surface area contributed by atoms with Gasteiger partial charge >= 0.3 is 0 Å². The van der Waals surface area contributed by atoms with Crippen LogP contribution in [-0.4, -0.2) is 12.2 Å². The highest BCUT2D eigenvalue weighted by molar-refractivity contribution is 5.69. The molecule has 0 saturated carbocycles. The molecule has 0 amide bonds. The second-order valence-corrected chi connectivity index (χ2v) is 4.60. The lowest BCUT2D eigenvalue weighted by atomic mass is 10.2. The fourth-order valence-electron chi connectivity index (χ4n) is 1.38. The highest BCUT2D eigenvalue weighted by Crippen LogP contribution is 2.35. The summed E-state index contributed by atoms with van der Waals surface area (Å²) < 4.78 is 11.6. The number of anilines is 2. The molecule has 2 atom stereocenters. The molecule has 18 heavy (non-hydrogen) atoms. The van der Waals surface area contributed by atoms with Gasteiger partial charge in [0, 0.05) is 12.1 Å². The maximum atomic E-state index is 5.82. The Kier molecular flexibility index (Phi) is 5.13. The monoisotopic (exact) mass is 252 g/mol. The molecule has 4 N–H and O–H groups in total. The third-order valence-electron chi connectivity index (χ3n) is 2.96. The van der Waals surface area contributed by atoms with Crippen LogP contribution in [-0.2, 0) is 0 Å². The van der Waals surface area contributed by atoms with Crippen LogP contribution in [0, 0.1) is 0 Å². The van der Waals surface area contributed by atoms with Gasteiger partial charge in [0.2, 0.25) is 0 Å². The van der Waals surface area contributed by atoms with Crippen molar-refractivity contribution < 1.29 is 9.47 Å². The normalized spacial score (nSPS) is 14.0.